The van der Waals surface area contributed by atoms with Crippen molar-refractivity contribution in [2.75, 3.05) is 21.3 Å². The van der Waals surface area contributed by atoms with Crippen molar-refractivity contribution in [3.63, 3.8) is 0 Å². The summed E-state index contributed by atoms with van der Waals surface area (Å²) in [5, 5.41) is 14.9. The summed E-state index contributed by atoms with van der Waals surface area (Å²) in [7, 11) is 4.80. The molecule has 9 nitrogen and oxygen atoms in total. The molecule has 1 aliphatic rings. The second kappa shape index (κ2) is 11.5. The Bertz CT molecular complexity index is 945. The van der Waals surface area contributed by atoms with Crippen LogP contribution in [0.1, 0.15) is 45.6 Å². The van der Waals surface area contributed by atoms with E-state index in [4.69, 9.17) is 18.9 Å². The summed E-state index contributed by atoms with van der Waals surface area (Å²) in [6.07, 6.45) is 2.19. The molecule has 0 aliphatic heterocycles. The molecule has 0 spiro atoms. The van der Waals surface area contributed by atoms with Crippen LogP contribution in [0.15, 0.2) is 30.3 Å². The first-order valence-corrected chi connectivity index (χ1v) is 11.5. The number of carbonyl (C=O) groups is 1. The maximum atomic E-state index is 12.3. The predicted octanol–water partition coefficient (Wildman–Crippen LogP) is 3.71. The zero-order valence-electron chi connectivity index (χ0n) is 20.9. The van der Waals surface area contributed by atoms with E-state index in [2.05, 4.69) is 33.0 Å². The molecule has 34 heavy (non-hydrogen) atoms. The number of ether oxygens (including phenoxy) is 4. The Morgan fingerprint density at radius 3 is 2.41 bits per heavy atom. The molecule has 0 saturated heterocycles. The Morgan fingerprint density at radius 2 is 1.79 bits per heavy atom. The topological polar surface area (TPSA) is 104 Å². The summed E-state index contributed by atoms with van der Waals surface area (Å²) in [5.41, 5.74) is 2.28. The summed E-state index contributed by atoms with van der Waals surface area (Å²) >= 11 is 0. The quantitative estimate of drug-likeness (QED) is 0.599. The second-order valence-electron chi connectivity index (χ2n) is 9.42. The number of carbonyl (C=O) groups excluding carboxylic acids is 1. The van der Waals surface area contributed by atoms with Crippen LogP contribution < -0.4 is 20.1 Å². The Labute approximate surface area is 201 Å². The van der Waals surface area contributed by atoms with Crippen LogP contribution in [-0.4, -0.2) is 61.4 Å². The van der Waals surface area contributed by atoms with Crippen LogP contribution in [0.4, 0.5) is 4.79 Å². The highest BCUT2D eigenvalue weighted by molar-refractivity contribution is 5.68. The summed E-state index contributed by atoms with van der Waals surface area (Å²) in [5.74, 6) is 0.897. The van der Waals surface area contributed by atoms with E-state index in [-0.39, 0.29) is 18.2 Å². The third kappa shape index (κ3) is 7.04. The Hall–Kier alpha value is -2.91. The van der Waals surface area contributed by atoms with Crippen molar-refractivity contribution in [2.45, 2.75) is 70.4 Å². The molecule has 3 atom stereocenters. The van der Waals surface area contributed by atoms with Gasteiger partial charge in [-0.1, -0.05) is 24.3 Å². The molecule has 1 aliphatic carbocycles. The molecule has 0 unspecified atom stereocenters. The highest BCUT2D eigenvalue weighted by Gasteiger charge is 2.32. The van der Waals surface area contributed by atoms with E-state index in [9.17, 15) is 4.79 Å². The number of amides is 1. The van der Waals surface area contributed by atoms with Gasteiger partial charge in [0.2, 0.25) is 0 Å². The number of nitrogens with zero attached hydrogens (tertiary/aromatic N) is 2. The lowest BCUT2D eigenvalue weighted by Crippen LogP contribution is -2.52. The largest absolute Gasteiger partial charge is 0.491 e. The fraction of sp³-hybridized carbons (Fsp3) is 0.560. The zero-order chi connectivity index (χ0) is 24.7. The van der Waals surface area contributed by atoms with Crippen molar-refractivity contribution in [3.8, 4) is 22.9 Å². The van der Waals surface area contributed by atoms with E-state index < -0.39 is 11.7 Å². The fourth-order valence-corrected chi connectivity index (χ4v) is 4.07. The minimum absolute atomic E-state index is 0.0209. The minimum atomic E-state index is -0.534. The van der Waals surface area contributed by atoms with E-state index in [1.165, 1.54) is 7.11 Å². The molecule has 1 saturated carbocycles. The molecule has 1 amide bonds. The zero-order valence-corrected chi connectivity index (χ0v) is 20.9. The SMILES string of the molecule is COc1cc(-c2ccc(CN[C@H]3CC[C@H](OC)[C@@H](NC(=O)OC(C)(C)C)C3)cc2)nnc1OC. The van der Waals surface area contributed by atoms with Crippen molar-refractivity contribution in [3.05, 3.63) is 35.9 Å². The van der Waals surface area contributed by atoms with Crippen LogP contribution in [0.25, 0.3) is 11.3 Å². The average molecular weight is 473 g/mol. The maximum Gasteiger partial charge on any atom is 0.407 e. The van der Waals surface area contributed by atoms with E-state index in [0.29, 0.717) is 17.3 Å². The molecule has 1 aromatic heterocycles. The molecule has 1 aromatic carbocycles. The lowest BCUT2D eigenvalue weighted by atomic mass is 9.88. The first-order chi connectivity index (χ1) is 16.2. The third-order valence-electron chi connectivity index (χ3n) is 5.78. The van der Waals surface area contributed by atoms with Crippen molar-refractivity contribution in [1.29, 1.82) is 0 Å². The number of benzene rings is 1. The first-order valence-electron chi connectivity index (χ1n) is 11.5. The first kappa shape index (κ1) is 25.7. The van der Waals surface area contributed by atoms with Crippen molar-refractivity contribution >= 4 is 6.09 Å². The molecule has 3 rings (SSSR count). The van der Waals surface area contributed by atoms with E-state index in [1.54, 1.807) is 14.2 Å². The van der Waals surface area contributed by atoms with Crippen molar-refractivity contribution in [1.82, 2.24) is 20.8 Å². The maximum absolute atomic E-state index is 12.3. The van der Waals surface area contributed by atoms with E-state index >= 15 is 0 Å². The molecular weight excluding hydrogens is 436 g/mol. The normalized spacial score (nSPS) is 20.5. The monoisotopic (exact) mass is 472 g/mol. The van der Waals surface area contributed by atoms with Gasteiger partial charge < -0.3 is 29.6 Å². The van der Waals surface area contributed by atoms with Gasteiger partial charge in [0.15, 0.2) is 5.75 Å². The lowest BCUT2D eigenvalue weighted by Gasteiger charge is -2.36. The predicted molar refractivity (Wildman–Crippen MR) is 129 cm³/mol. The van der Waals surface area contributed by atoms with Gasteiger partial charge in [-0.3, -0.25) is 0 Å². The number of hydrogen-bond donors (Lipinski definition) is 2. The summed E-state index contributed by atoms with van der Waals surface area (Å²) in [6.45, 7) is 6.29. The summed E-state index contributed by atoms with van der Waals surface area (Å²) < 4.78 is 21.5. The van der Waals surface area contributed by atoms with Gasteiger partial charge in [0.1, 0.15) is 5.60 Å². The molecule has 186 valence electrons. The molecule has 2 N–H and O–H groups in total. The van der Waals surface area contributed by atoms with Crippen molar-refractivity contribution in [2.24, 2.45) is 0 Å². The number of hydrogen-bond acceptors (Lipinski definition) is 8. The third-order valence-corrected chi connectivity index (χ3v) is 5.78. The standard InChI is InChI=1S/C25H36N4O5/c1-25(2,3)34-24(30)27-20-13-18(11-12-21(20)31-4)26-15-16-7-9-17(10-8-16)19-14-22(32-5)23(33-6)29-28-19/h7-10,14,18,20-21,26H,11-13,15H2,1-6H3,(H,27,30)/t18-,20-,21-/m0/s1. The molecular formula is C25H36N4O5. The Kier molecular flexibility index (Phi) is 8.68. The van der Waals surface area contributed by atoms with Gasteiger partial charge in [0, 0.05) is 31.3 Å². The van der Waals surface area contributed by atoms with Crippen LogP contribution in [0.5, 0.6) is 11.6 Å². The fourth-order valence-electron chi connectivity index (χ4n) is 4.07. The molecule has 0 bridgehead atoms. The lowest BCUT2D eigenvalue weighted by molar-refractivity contribution is 0.0161. The summed E-state index contributed by atoms with van der Waals surface area (Å²) in [6, 6.07) is 10.1. The highest BCUT2D eigenvalue weighted by Crippen LogP contribution is 2.28. The minimum Gasteiger partial charge on any atom is -0.491 e. The van der Waals surface area contributed by atoms with Crippen LogP contribution in [0.2, 0.25) is 0 Å². The Balaban J connectivity index is 1.57. The van der Waals surface area contributed by atoms with Crippen LogP contribution in [0, 0.1) is 0 Å². The Morgan fingerprint density at radius 1 is 1.06 bits per heavy atom. The van der Waals surface area contributed by atoms with Gasteiger partial charge in [0.05, 0.1) is 32.1 Å². The number of rotatable bonds is 8. The molecule has 9 heteroatoms. The highest BCUT2D eigenvalue weighted by atomic mass is 16.6. The number of methoxy groups -OCH3 is 3. The van der Waals surface area contributed by atoms with Gasteiger partial charge in [0.25, 0.3) is 5.88 Å². The van der Waals surface area contributed by atoms with Gasteiger partial charge in [-0.05, 0) is 45.6 Å². The van der Waals surface area contributed by atoms with Crippen molar-refractivity contribution < 1.29 is 23.7 Å². The summed E-state index contributed by atoms with van der Waals surface area (Å²) in [4.78, 5) is 12.3. The number of aromatic nitrogens is 2. The average Bonchev–Trinajstić information content (AvgIpc) is 2.81. The smallest absolute Gasteiger partial charge is 0.407 e. The van der Waals surface area contributed by atoms with E-state index in [1.807, 2.05) is 39.0 Å². The van der Waals surface area contributed by atoms with E-state index in [0.717, 1.165) is 36.9 Å². The number of nitrogens with one attached hydrogen (secondary N) is 2. The van der Waals surface area contributed by atoms with Crippen LogP contribution in [0.3, 0.4) is 0 Å². The number of alkyl carbamates (subject to hydrolysis) is 1. The molecule has 0 radical (unpaired) electrons. The second-order valence-corrected chi connectivity index (χ2v) is 9.42. The van der Waals surface area contributed by atoms with Gasteiger partial charge in [-0.25, -0.2) is 4.79 Å². The molecule has 2 aromatic rings. The van der Waals surface area contributed by atoms with Gasteiger partial charge in [-0.15, -0.1) is 10.2 Å². The van der Waals surface area contributed by atoms with Crippen LogP contribution in [-0.2, 0) is 16.0 Å². The van der Waals surface area contributed by atoms with Gasteiger partial charge in [-0.2, -0.15) is 0 Å². The molecule has 1 heterocycles. The molecule has 1 fully saturated rings. The van der Waals surface area contributed by atoms with Crippen LogP contribution >= 0.6 is 0 Å². The van der Waals surface area contributed by atoms with Gasteiger partial charge >= 0.3 is 6.09 Å².